The van der Waals surface area contributed by atoms with E-state index < -0.39 is 0 Å². The van der Waals surface area contributed by atoms with Crippen molar-refractivity contribution in [2.75, 3.05) is 6.54 Å². The molecule has 1 N–H and O–H groups in total. The predicted molar refractivity (Wildman–Crippen MR) is 74.4 cm³/mol. The zero-order valence-electron chi connectivity index (χ0n) is 10.2. The van der Waals surface area contributed by atoms with Crippen molar-refractivity contribution in [1.29, 1.82) is 0 Å². The van der Waals surface area contributed by atoms with Gasteiger partial charge in [0.1, 0.15) is 0 Å². The topological polar surface area (TPSA) is 12.0 Å². The zero-order chi connectivity index (χ0) is 12.1. The Morgan fingerprint density at radius 1 is 1.18 bits per heavy atom. The average molecular weight is 250 g/mol. The molecule has 0 saturated heterocycles. The van der Waals surface area contributed by atoms with Crippen LogP contribution in [-0.2, 0) is 0 Å². The molecule has 2 rings (SSSR count). The summed E-state index contributed by atoms with van der Waals surface area (Å²) in [5.74, 6) is 0.744. The molecule has 2 heteroatoms. The van der Waals surface area contributed by atoms with Crippen molar-refractivity contribution in [3.05, 3.63) is 47.5 Å². The van der Waals surface area contributed by atoms with Crippen LogP contribution in [0.5, 0.6) is 0 Å². The maximum Gasteiger partial charge on any atom is 0.0310 e. The highest BCUT2D eigenvalue weighted by Crippen LogP contribution is 2.32. The number of hydrogen-bond acceptors (Lipinski definition) is 1. The molecule has 0 heterocycles. The second-order valence-corrected chi connectivity index (χ2v) is 5.39. The van der Waals surface area contributed by atoms with Crippen molar-refractivity contribution in [2.24, 2.45) is 0 Å². The van der Waals surface area contributed by atoms with Crippen LogP contribution in [0.15, 0.2) is 41.9 Å². The van der Waals surface area contributed by atoms with Gasteiger partial charge in [0, 0.05) is 17.6 Å². The minimum atomic E-state index is 0.616. The summed E-state index contributed by atoms with van der Waals surface area (Å²) in [5, 5.41) is 4.17. The highest BCUT2D eigenvalue weighted by atomic mass is 35.5. The van der Waals surface area contributed by atoms with Gasteiger partial charge >= 0.3 is 0 Å². The molecule has 92 valence electrons. The Balaban J connectivity index is 1.80. The molecule has 0 aromatic heterocycles. The molecule has 1 aromatic rings. The summed E-state index contributed by atoms with van der Waals surface area (Å²) in [6, 6.07) is 11.5. The first-order valence-corrected chi connectivity index (χ1v) is 6.75. The average Bonchev–Trinajstić information content (AvgIpc) is 2.38. The van der Waals surface area contributed by atoms with Gasteiger partial charge in [-0.3, -0.25) is 0 Å². The molecule has 1 aliphatic rings. The van der Waals surface area contributed by atoms with E-state index in [1.54, 1.807) is 0 Å². The molecule has 0 unspecified atom stereocenters. The SMILES string of the molecule is C=C(Cl)CNC1CCC(c2ccccc2)CC1. The summed E-state index contributed by atoms with van der Waals surface area (Å²) in [7, 11) is 0. The number of benzene rings is 1. The molecule has 1 nitrogen and oxygen atoms in total. The third kappa shape index (κ3) is 3.86. The molecule has 17 heavy (non-hydrogen) atoms. The van der Waals surface area contributed by atoms with Crippen LogP contribution in [0.2, 0.25) is 0 Å². The first-order valence-electron chi connectivity index (χ1n) is 6.37. The van der Waals surface area contributed by atoms with Crippen molar-refractivity contribution in [3.8, 4) is 0 Å². The van der Waals surface area contributed by atoms with Crippen LogP contribution in [0, 0.1) is 0 Å². The van der Waals surface area contributed by atoms with Gasteiger partial charge in [-0.25, -0.2) is 0 Å². The van der Waals surface area contributed by atoms with E-state index in [9.17, 15) is 0 Å². The minimum Gasteiger partial charge on any atom is -0.309 e. The normalized spacial score (nSPS) is 24.5. The highest BCUT2D eigenvalue weighted by molar-refractivity contribution is 6.29. The third-order valence-corrected chi connectivity index (χ3v) is 3.71. The van der Waals surface area contributed by atoms with Crippen molar-refractivity contribution in [2.45, 2.75) is 37.6 Å². The Bertz CT molecular complexity index is 352. The highest BCUT2D eigenvalue weighted by Gasteiger charge is 2.21. The largest absolute Gasteiger partial charge is 0.309 e. The van der Waals surface area contributed by atoms with Gasteiger partial charge in [-0.1, -0.05) is 48.5 Å². The van der Waals surface area contributed by atoms with Gasteiger partial charge in [-0.2, -0.15) is 0 Å². The van der Waals surface area contributed by atoms with Gasteiger partial charge in [0.25, 0.3) is 0 Å². The van der Waals surface area contributed by atoms with Crippen molar-refractivity contribution >= 4 is 11.6 Å². The van der Waals surface area contributed by atoms with Crippen molar-refractivity contribution < 1.29 is 0 Å². The summed E-state index contributed by atoms with van der Waals surface area (Å²) < 4.78 is 0. The van der Waals surface area contributed by atoms with E-state index in [1.165, 1.54) is 31.2 Å². The van der Waals surface area contributed by atoms with Crippen LogP contribution in [-0.4, -0.2) is 12.6 Å². The number of nitrogens with one attached hydrogen (secondary N) is 1. The first kappa shape index (κ1) is 12.7. The van der Waals surface area contributed by atoms with Crippen molar-refractivity contribution in [3.63, 3.8) is 0 Å². The number of rotatable bonds is 4. The van der Waals surface area contributed by atoms with Crippen LogP contribution in [0.1, 0.15) is 37.2 Å². The summed E-state index contributed by atoms with van der Waals surface area (Å²) in [6.07, 6.45) is 5.03. The van der Waals surface area contributed by atoms with Gasteiger partial charge in [-0.15, -0.1) is 0 Å². The molecular formula is C15H20ClN. The molecule has 0 aliphatic heterocycles. The molecule has 1 aliphatic carbocycles. The second kappa shape index (κ2) is 6.23. The summed E-state index contributed by atoms with van der Waals surface area (Å²) in [5.41, 5.74) is 1.49. The van der Waals surface area contributed by atoms with Gasteiger partial charge in [0.15, 0.2) is 0 Å². The lowest BCUT2D eigenvalue weighted by molar-refractivity contribution is 0.351. The van der Waals surface area contributed by atoms with Crippen LogP contribution in [0.3, 0.4) is 0 Å². The van der Waals surface area contributed by atoms with Gasteiger partial charge in [0.2, 0.25) is 0 Å². The summed E-state index contributed by atoms with van der Waals surface area (Å²) in [6.45, 7) is 4.44. The number of hydrogen-bond donors (Lipinski definition) is 1. The maximum atomic E-state index is 5.76. The fourth-order valence-electron chi connectivity index (χ4n) is 2.61. The zero-order valence-corrected chi connectivity index (χ0v) is 10.9. The fourth-order valence-corrected chi connectivity index (χ4v) is 2.69. The quantitative estimate of drug-likeness (QED) is 0.849. The molecule has 1 fully saturated rings. The minimum absolute atomic E-state index is 0.616. The van der Waals surface area contributed by atoms with Crippen molar-refractivity contribution in [1.82, 2.24) is 5.32 Å². The van der Waals surface area contributed by atoms with E-state index in [0.29, 0.717) is 11.1 Å². The number of halogens is 1. The Morgan fingerprint density at radius 3 is 2.41 bits per heavy atom. The van der Waals surface area contributed by atoms with Crippen LogP contribution < -0.4 is 5.32 Å². The molecule has 0 bridgehead atoms. The van der Waals surface area contributed by atoms with Crippen LogP contribution in [0.4, 0.5) is 0 Å². The van der Waals surface area contributed by atoms with Crippen LogP contribution >= 0.6 is 11.6 Å². The fraction of sp³-hybridized carbons (Fsp3) is 0.467. The lowest BCUT2D eigenvalue weighted by Crippen LogP contribution is -2.33. The lowest BCUT2D eigenvalue weighted by Gasteiger charge is -2.29. The Morgan fingerprint density at radius 2 is 1.82 bits per heavy atom. The summed E-state index contributed by atoms with van der Waals surface area (Å²) >= 11 is 5.76. The summed E-state index contributed by atoms with van der Waals surface area (Å²) in [4.78, 5) is 0. The first-order chi connectivity index (χ1) is 8.25. The Labute approximate surface area is 109 Å². The van der Waals surface area contributed by atoms with Gasteiger partial charge < -0.3 is 5.32 Å². The Hall–Kier alpha value is -0.790. The second-order valence-electron chi connectivity index (χ2n) is 4.86. The molecule has 0 amide bonds. The van der Waals surface area contributed by atoms with E-state index in [4.69, 9.17) is 11.6 Å². The molecule has 1 saturated carbocycles. The monoisotopic (exact) mass is 249 g/mol. The molecule has 0 atom stereocenters. The molecule has 0 radical (unpaired) electrons. The van der Waals surface area contributed by atoms with Gasteiger partial charge in [0.05, 0.1) is 0 Å². The van der Waals surface area contributed by atoms with E-state index in [1.807, 2.05) is 0 Å². The maximum absolute atomic E-state index is 5.76. The molecule has 0 spiro atoms. The smallest absolute Gasteiger partial charge is 0.0310 e. The van der Waals surface area contributed by atoms with E-state index >= 15 is 0 Å². The Kier molecular flexibility index (Phi) is 4.64. The molecular weight excluding hydrogens is 230 g/mol. The standard InChI is InChI=1S/C15H20ClN/c1-12(16)11-17-15-9-7-14(8-10-15)13-5-3-2-4-6-13/h2-6,14-15,17H,1,7-11H2. The third-order valence-electron chi connectivity index (χ3n) is 3.58. The predicted octanol–water partition coefficient (Wildman–Crippen LogP) is 4.05. The van der Waals surface area contributed by atoms with E-state index in [0.717, 1.165) is 12.5 Å². The van der Waals surface area contributed by atoms with E-state index in [2.05, 4.69) is 42.2 Å². The van der Waals surface area contributed by atoms with Crippen LogP contribution in [0.25, 0.3) is 0 Å². The van der Waals surface area contributed by atoms with E-state index in [-0.39, 0.29) is 0 Å². The lowest BCUT2D eigenvalue weighted by atomic mass is 9.82. The van der Waals surface area contributed by atoms with Gasteiger partial charge in [-0.05, 0) is 37.2 Å². The molecule has 1 aromatic carbocycles.